The fourth-order valence-electron chi connectivity index (χ4n) is 2.26. The molecule has 27 heavy (non-hydrogen) atoms. The van der Waals surface area contributed by atoms with Gasteiger partial charge in [0.1, 0.15) is 0 Å². The quantitative estimate of drug-likeness (QED) is 0.255. The number of carbonyl (C=O) groups excluding carboxylic acids is 1. The molecule has 1 fully saturated rings. The van der Waals surface area contributed by atoms with Crippen LogP contribution in [0.25, 0.3) is 0 Å². The number of hydrogen-bond donors (Lipinski definition) is 4. The molecule has 1 aromatic rings. The number of benzene rings is 1. The summed E-state index contributed by atoms with van der Waals surface area (Å²) in [4.78, 5) is 16.0. The largest absolute Gasteiger partial charge is 0.357 e. The molecule has 1 aliphatic carbocycles. The highest BCUT2D eigenvalue weighted by Gasteiger charge is 2.28. The van der Waals surface area contributed by atoms with Crippen molar-refractivity contribution in [1.29, 1.82) is 0 Å². The van der Waals surface area contributed by atoms with E-state index in [1.54, 1.807) is 12.1 Å². The highest BCUT2D eigenvalue weighted by molar-refractivity contribution is 7.89. The van der Waals surface area contributed by atoms with Crippen molar-refractivity contribution in [3.05, 3.63) is 29.3 Å². The van der Waals surface area contributed by atoms with Crippen LogP contribution < -0.4 is 20.7 Å². The van der Waals surface area contributed by atoms with E-state index >= 15 is 0 Å². The average Bonchev–Trinajstić information content (AvgIpc) is 3.47. The van der Waals surface area contributed by atoms with E-state index in [0.29, 0.717) is 30.6 Å². The molecule has 1 aliphatic rings. The summed E-state index contributed by atoms with van der Waals surface area (Å²) in [5.41, 5.74) is 0. The molecule has 1 amide bonds. The SMILES string of the molecule is CCNC(=NCCNS(=O)(=O)c1cccc(Cl)c1)NCCNC(=O)C1CC1. The summed E-state index contributed by atoms with van der Waals surface area (Å²) in [6.45, 7) is 4.09. The van der Waals surface area contributed by atoms with Crippen molar-refractivity contribution in [2.75, 3.05) is 32.7 Å². The van der Waals surface area contributed by atoms with Gasteiger partial charge in [-0.25, -0.2) is 13.1 Å². The van der Waals surface area contributed by atoms with E-state index < -0.39 is 10.0 Å². The minimum Gasteiger partial charge on any atom is -0.357 e. The first-order valence-electron chi connectivity index (χ1n) is 8.97. The number of amides is 1. The zero-order valence-corrected chi connectivity index (χ0v) is 16.9. The molecular weight excluding hydrogens is 390 g/mol. The molecule has 0 heterocycles. The van der Waals surface area contributed by atoms with Crippen LogP contribution >= 0.6 is 11.6 Å². The average molecular weight is 416 g/mol. The molecule has 1 aromatic carbocycles. The molecule has 0 bridgehead atoms. The van der Waals surface area contributed by atoms with Gasteiger partial charge in [0, 0.05) is 37.1 Å². The van der Waals surface area contributed by atoms with E-state index in [-0.39, 0.29) is 29.8 Å². The summed E-state index contributed by atoms with van der Waals surface area (Å²) in [6, 6.07) is 6.09. The van der Waals surface area contributed by atoms with Crippen LogP contribution in [0.15, 0.2) is 34.2 Å². The van der Waals surface area contributed by atoms with Gasteiger partial charge >= 0.3 is 0 Å². The van der Waals surface area contributed by atoms with Crippen LogP contribution in [0.5, 0.6) is 0 Å². The molecule has 10 heteroatoms. The number of hydrogen-bond acceptors (Lipinski definition) is 4. The summed E-state index contributed by atoms with van der Waals surface area (Å²) < 4.78 is 26.9. The Hall–Kier alpha value is -1.84. The lowest BCUT2D eigenvalue weighted by Gasteiger charge is -2.12. The molecule has 0 aromatic heterocycles. The van der Waals surface area contributed by atoms with Crippen LogP contribution in [0.3, 0.4) is 0 Å². The van der Waals surface area contributed by atoms with Crippen molar-refractivity contribution in [3.63, 3.8) is 0 Å². The van der Waals surface area contributed by atoms with Crippen LogP contribution in [-0.4, -0.2) is 53.0 Å². The van der Waals surface area contributed by atoms with Gasteiger partial charge < -0.3 is 16.0 Å². The fraction of sp³-hybridized carbons (Fsp3) is 0.529. The molecular formula is C17H26ClN5O3S. The Labute approximate surface area is 165 Å². The van der Waals surface area contributed by atoms with Gasteiger partial charge in [-0.15, -0.1) is 0 Å². The van der Waals surface area contributed by atoms with Crippen LogP contribution in [0.1, 0.15) is 19.8 Å². The van der Waals surface area contributed by atoms with Gasteiger partial charge in [-0.1, -0.05) is 17.7 Å². The van der Waals surface area contributed by atoms with Crippen molar-refractivity contribution >= 4 is 33.5 Å². The highest BCUT2D eigenvalue weighted by Crippen LogP contribution is 2.28. The number of aliphatic imine (C=N–C) groups is 1. The lowest BCUT2D eigenvalue weighted by Crippen LogP contribution is -2.42. The van der Waals surface area contributed by atoms with E-state index in [9.17, 15) is 13.2 Å². The third-order valence-corrected chi connectivity index (χ3v) is 5.48. The maximum absolute atomic E-state index is 12.2. The van der Waals surface area contributed by atoms with Gasteiger partial charge in [-0.05, 0) is 38.0 Å². The maximum atomic E-state index is 12.2. The molecule has 0 saturated heterocycles. The molecule has 0 spiro atoms. The first-order valence-corrected chi connectivity index (χ1v) is 10.8. The first-order chi connectivity index (χ1) is 12.9. The predicted molar refractivity (Wildman–Crippen MR) is 106 cm³/mol. The van der Waals surface area contributed by atoms with Crippen LogP contribution in [0, 0.1) is 5.92 Å². The number of rotatable bonds is 10. The topological polar surface area (TPSA) is 112 Å². The van der Waals surface area contributed by atoms with Gasteiger partial charge in [0.05, 0.1) is 11.4 Å². The summed E-state index contributed by atoms with van der Waals surface area (Å²) >= 11 is 5.83. The Kier molecular flexibility index (Phi) is 8.33. The number of nitrogens with one attached hydrogen (secondary N) is 4. The molecule has 0 atom stereocenters. The third-order valence-electron chi connectivity index (χ3n) is 3.79. The Morgan fingerprint density at radius 1 is 1.19 bits per heavy atom. The zero-order chi connectivity index (χ0) is 19.7. The van der Waals surface area contributed by atoms with Gasteiger partial charge in [0.2, 0.25) is 15.9 Å². The maximum Gasteiger partial charge on any atom is 0.240 e. The van der Waals surface area contributed by atoms with E-state index in [1.165, 1.54) is 12.1 Å². The Morgan fingerprint density at radius 3 is 2.59 bits per heavy atom. The number of sulfonamides is 1. The predicted octanol–water partition coefficient (Wildman–Crippen LogP) is 0.700. The lowest BCUT2D eigenvalue weighted by molar-refractivity contribution is -0.122. The summed E-state index contributed by atoms with van der Waals surface area (Å²) in [7, 11) is -3.62. The third kappa shape index (κ3) is 7.74. The van der Waals surface area contributed by atoms with Gasteiger partial charge in [-0.2, -0.15) is 0 Å². The second-order valence-corrected chi connectivity index (χ2v) is 8.31. The number of nitrogens with zero attached hydrogens (tertiary/aromatic N) is 1. The molecule has 8 nitrogen and oxygen atoms in total. The lowest BCUT2D eigenvalue weighted by atomic mass is 10.4. The smallest absolute Gasteiger partial charge is 0.240 e. The molecule has 0 unspecified atom stereocenters. The number of carbonyl (C=O) groups is 1. The zero-order valence-electron chi connectivity index (χ0n) is 15.3. The van der Waals surface area contributed by atoms with Gasteiger partial charge in [-0.3, -0.25) is 9.79 Å². The number of guanidine groups is 1. The molecule has 1 saturated carbocycles. The second-order valence-electron chi connectivity index (χ2n) is 6.11. The van der Waals surface area contributed by atoms with Crippen molar-refractivity contribution < 1.29 is 13.2 Å². The van der Waals surface area contributed by atoms with Crippen LogP contribution in [0.4, 0.5) is 0 Å². The van der Waals surface area contributed by atoms with E-state index in [0.717, 1.165) is 12.8 Å². The van der Waals surface area contributed by atoms with Crippen molar-refractivity contribution in [2.45, 2.75) is 24.7 Å². The normalized spacial score (nSPS) is 14.7. The van der Waals surface area contributed by atoms with Gasteiger partial charge in [0.15, 0.2) is 5.96 Å². The van der Waals surface area contributed by atoms with Gasteiger partial charge in [0.25, 0.3) is 0 Å². The Balaban J connectivity index is 1.74. The van der Waals surface area contributed by atoms with Crippen molar-refractivity contribution in [2.24, 2.45) is 10.9 Å². The number of halogens is 1. The first kappa shape index (κ1) is 21.5. The Bertz CT molecular complexity index is 766. The van der Waals surface area contributed by atoms with Crippen LogP contribution in [-0.2, 0) is 14.8 Å². The second kappa shape index (κ2) is 10.5. The summed E-state index contributed by atoms with van der Waals surface area (Å²) in [6.07, 6.45) is 1.96. The summed E-state index contributed by atoms with van der Waals surface area (Å²) in [5.74, 6) is 0.869. The highest BCUT2D eigenvalue weighted by atomic mass is 35.5. The molecule has 0 aliphatic heterocycles. The summed E-state index contributed by atoms with van der Waals surface area (Å²) in [5, 5.41) is 9.41. The monoisotopic (exact) mass is 415 g/mol. The fourth-order valence-corrected chi connectivity index (χ4v) is 3.58. The molecule has 4 N–H and O–H groups in total. The molecule has 0 radical (unpaired) electrons. The van der Waals surface area contributed by atoms with Crippen molar-refractivity contribution in [1.82, 2.24) is 20.7 Å². The molecule has 150 valence electrons. The van der Waals surface area contributed by atoms with Crippen molar-refractivity contribution in [3.8, 4) is 0 Å². The molecule has 2 rings (SSSR count). The standard InChI is InChI=1S/C17H26ClN5O3S/c1-2-19-17(21-9-8-20-16(24)13-6-7-13)22-10-11-23-27(25,26)15-5-3-4-14(18)12-15/h3-5,12-13,23H,2,6-11H2,1H3,(H,20,24)(H2,19,21,22). The van der Waals surface area contributed by atoms with E-state index in [4.69, 9.17) is 11.6 Å². The minimum atomic E-state index is -3.62. The minimum absolute atomic E-state index is 0.106. The Morgan fingerprint density at radius 2 is 1.93 bits per heavy atom. The van der Waals surface area contributed by atoms with Crippen LogP contribution in [0.2, 0.25) is 5.02 Å². The van der Waals surface area contributed by atoms with E-state index in [2.05, 4.69) is 25.7 Å². The van der Waals surface area contributed by atoms with E-state index in [1.807, 2.05) is 6.92 Å².